The maximum Gasteiger partial charge on any atom is 0.241 e. The van der Waals surface area contributed by atoms with Gasteiger partial charge in [0.25, 0.3) is 0 Å². The van der Waals surface area contributed by atoms with E-state index >= 15 is 0 Å². The van der Waals surface area contributed by atoms with Crippen molar-refractivity contribution in [1.29, 1.82) is 0 Å². The Labute approximate surface area is 115 Å². The van der Waals surface area contributed by atoms with Crippen molar-refractivity contribution in [3.63, 3.8) is 0 Å². The number of rotatable bonds is 4. The van der Waals surface area contributed by atoms with Crippen LogP contribution in [0.2, 0.25) is 0 Å². The summed E-state index contributed by atoms with van der Waals surface area (Å²) in [6, 6.07) is 6.03. The molecule has 4 heteroatoms. The van der Waals surface area contributed by atoms with Gasteiger partial charge in [-0.3, -0.25) is 10.2 Å². The highest BCUT2D eigenvalue weighted by Gasteiger charge is 2.22. The van der Waals surface area contributed by atoms with Crippen LogP contribution in [0.5, 0.6) is 5.75 Å². The minimum atomic E-state index is -0.273. The highest BCUT2D eigenvalue weighted by atomic mass is 16.5. The highest BCUT2D eigenvalue weighted by molar-refractivity contribution is 5.83. The third kappa shape index (κ3) is 3.70. The van der Waals surface area contributed by atoms with Gasteiger partial charge < -0.3 is 4.74 Å². The van der Waals surface area contributed by atoms with Crippen LogP contribution in [0, 0.1) is 0 Å². The van der Waals surface area contributed by atoms with Gasteiger partial charge in [-0.2, -0.15) is 0 Å². The number of hydrazine groups is 1. The molecule has 0 aliphatic rings. The van der Waals surface area contributed by atoms with Gasteiger partial charge in [-0.1, -0.05) is 32.9 Å². The summed E-state index contributed by atoms with van der Waals surface area (Å²) in [5.41, 5.74) is 7.40. The van der Waals surface area contributed by atoms with Crippen LogP contribution >= 0.6 is 0 Å². The van der Waals surface area contributed by atoms with Crippen molar-refractivity contribution in [3.05, 3.63) is 29.3 Å². The van der Waals surface area contributed by atoms with E-state index in [0.717, 1.165) is 11.3 Å². The normalized spacial score (nSPS) is 12.9. The number of hydrogen-bond acceptors (Lipinski definition) is 3. The summed E-state index contributed by atoms with van der Waals surface area (Å²) in [5, 5.41) is 0. The second-order valence-corrected chi connectivity index (χ2v) is 5.67. The first-order valence-electron chi connectivity index (χ1n) is 6.46. The summed E-state index contributed by atoms with van der Waals surface area (Å²) in [5.74, 6) is 0.392. The van der Waals surface area contributed by atoms with Gasteiger partial charge in [0, 0.05) is 12.6 Å². The number of carbonyl (C=O) groups excluding carboxylic acids is 1. The third-order valence-corrected chi connectivity index (χ3v) is 3.20. The molecule has 0 saturated carbocycles. The minimum absolute atomic E-state index is 0.0419. The average molecular weight is 264 g/mol. The van der Waals surface area contributed by atoms with E-state index in [2.05, 4.69) is 37.7 Å². The molecule has 1 atom stereocenters. The summed E-state index contributed by atoms with van der Waals surface area (Å²) in [6.45, 7) is 8.32. The first-order chi connectivity index (χ1) is 8.81. The van der Waals surface area contributed by atoms with Crippen LogP contribution in [0.3, 0.4) is 0 Å². The van der Waals surface area contributed by atoms with Crippen LogP contribution in [0.15, 0.2) is 18.2 Å². The van der Waals surface area contributed by atoms with Crippen LogP contribution in [-0.2, 0) is 10.2 Å². The SMILES string of the molecule is CNNC(=O)C(C)c1cc(C(C)(C)C)ccc1OC. The van der Waals surface area contributed by atoms with E-state index in [0.29, 0.717) is 0 Å². The van der Waals surface area contributed by atoms with Gasteiger partial charge in [-0.05, 0) is 24.0 Å². The zero-order valence-corrected chi connectivity index (χ0v) is 12.6. The summed E-state index contributed by atoms with van der Waals surface area (Å²) in [6.07, 6.45) is 0. The first kappa shape index (κ1) is 15.5. The topological polar surface area (TPSA) is 50.4 Å². The Bertz CT molecular complexity index is 450. The molecule has 0 aliphatic heterocycles. The second-order valence-electron chi connectivity index (χ2n) is 5.67. The summed E-state index contributed by atoms with van der Waals surface area (Å²) in [4.78, 5) is 11.9. The molecule has 2 N–H and O–H groups in total. The molecule has 1 unspecified atom stereocenters. The predicted molar refractivity (Wildman–Crippen MR) is 77.3 cm³/mol. The summed E-state index contributed by atoms with van der Waals surface area (Å²) in [7, 11) is 3.30. The lowest BCUT2D eigenvalue weighted by Crippen LogP contribution is -2.37. The number of carbonyl (C=O) groups is 1. The van der Waals surface area contributed by atoms with Crippen molar-refractivity contribution >= 4 is 5.91 Å². The molecule has 0 radical (unpaired) electrons. The van der Waals surface area contributed by atoms with Crippen molar-refractivity contribution < 1.29 is 9.53 Å². The number of ether oxygens (including phenoxy) is 1. The Morgan fingerprint density at radius 2 is 1.95 bits per heavy atom. The first-order valence-corrected chi connectivity index (χ1v) is 6.46. The highest BCUT2D eigenvalue weighted by Crippen LogP contribution is 2.32. The maximum absolute atomic E-state index is 11.9. The van der Waals surface area contributed by atoms with E-state index in [4.69, 9.17) is 4.74 Å². The number of hydrogen-bond donors (Lipinski definition) is 2. The van der Waals surface area contributed by atoms with E-state index in [9.17, 15) is 4.79 Å². The zero-order valence-electron chi connectivity index (χ0n) is 12.6. The molecule has 106 valence electrons. The van der Waals surface area contributed by atoms with Crippen molar-refractivity contribution in [1.82, 2.24) is 10.9 Å². The lowest BCUT2D eigenvalue weighted by Gasteiger charge is -2.23. The number of methoxy groups -OCH3 is 1. The lowest BCUT2D eigenvalue weighted by molar-refractivity contribution is -0.123. The Balaban J connectivity index is 3.19. The van der Waals surface area contributed by atoms with E-state index < -0.39 is 0 Å². The molecule has 0 fully saturated rings. The molecule has 0 heterocycles. The fraction of sp³-hybridized carbons (Fsp3) is 0.533. The molecular weight excluding hydrogens is 240 g/mol. The van der Waals surface area contributed by atoms with Crippen molar-refractivity contribution in [3.8, 4) is 5.75 Å². The van der Waals surface area contributed by atoms with Crippen LogP contribution < -0.4 is 15.6 Å². The Morgan fingerprint density at radius 1 is 1.32 bits per heavy atom. The number of amides is 1. The van der Waals surface area contributed by atoms with Gasteiger partial charge in [0.1, 0.15) is 5.75 Å². The zero-order chi connectivity index (χ0) is 14.6. The molecule has 0 saturated heterocycles. The standard InChI is InChI=1S/C15H24N2O2/c1-10(14(18)17-16-5)12-9-11(15(2,3)4)7-8-13(12)19-6/h7-10,16H,1-6H3,(H,17,18). The van der Waals surface area contributed by atoms with Crippen LogP contribution in [0.4, 0.5) is 0 Å². The molecule has 1 aromatic rings. The predicted octanol–water partition coefficient (Wildman–Crippen LogP) is 2.35. The second kappa shape index (κ2) is 6.06. The van der Waals surface area contributed by atoms with Gasteiger partial charge >= 0.3 is 0 Å². The van der Waals surface area contributed by atoms with E-state index in [1.165, 1.54) is 5.56 Å². The largest absolute Gasteiger partial charge is 0.496 e. The Kier molecular flexibility index (Phi) is 4.95. The third-order valence-electron chi connectivity index (χ3n) is 3.20. The van der Waals surface area contributed by atoms with E-state index in [1.54, 1.807) is 14.2 Å². The fourth-order valence-electron chi connectivity index (χ4n) is 1.91. The molecule has 0 aromatic heterocycles. The molecule has 1 amide bonds. The van der Waals surface area contributed by atoms with Gasteiger partial charge in [0.2, 0.25) is 5.91 Å². The van der Waals surface area contributed by atoms with Crippen LogP contribution in [0.25, 0.3) is 0 Å². The van der Waals surface area contributed by atoms with Crippen molar-refractivity contribution in [2.24, 2.45) is 0 Å². The molecule has 0 bridgehead atoms. The average Bonchev–Trinajstić information content (AvgIpc) is 2.36. The summed E-state index contributed by atoms with van der Waals surface area (Å²) >= 11 is 0. The molecule has 4 nitrogen and oxygen atoms in total. The smallest absolute Gasteiger partial charge is 0.241 e. The Morgan fingerprint density at radius 3 is 2.42 bits per heavy atom. The minimum Gasteiger partial charge on any atom is -0.496 e. The molecular formula is C15H24N2O2. The molecule has 1 aromatic carbocycles. The maximum atomic E-state index is 11.9. The fourth-order valence-corrected chi connectivity index (χ4v) is 1.91. The van der Waals surface area contributed by atoms with Crippen LogP contribution in [0.1, 0.15) is 44.7 Å². The van der Waals surface area contributed by atoms with Gasteiger partial charge in [0.05, 0.1) is 13.0 Å². The monoisotopic (exact) mass is 264 g/mol. The quantitative estimate of drug-likeness (QED) is 0.821. The van der Waals surface area contributed by atoms with Crippen molar-refractivity contribution in [2.75, 3.05) is 14.2 Å². The molecule has 0 spiro atoms. The molecule has 1 rings (SSSR count). The number of nitrogens with one attached hydrogen (secondary N) is 2. The van der Waals surface area contributed by atoms with E-state index in [1.807, 2.05) is 19.1 Å². The van der Waals surface area contributed by atoms with E-state index in [-0.39, 0.29) is 17.2 Å². The van der Waals surface area contributed by atoms with Gasteiger partial charge in [-0.25, -0.2) is 5.43 Å². The molecule has 19 heavy (non-hydrogen) atoms. The Hall–Kier alpha value is -1.55. The number of benzene rings is 1. The van der Waals surface area contributed by atoms with Gasteiger partial charge in [-0.15, -0.1) is 0 Å². The molecule has 0 aliphatic carbocycles. The lowest BCUT2D eigenvalue weighted by atomic mass is 9.84. The van der Waals surface area contributed by atoms with Crippen LogP contribution in [-0.4, -0.2) is 20.1 Å². The van der Waals surface area contributed by atoms with Crippen molar-refractivity contribution in [2.45, 2.75) is 39.0 Å². The summed E-state index contributed by atoms with van der Waals surface area (Å²) < 4.78 is 5.36. The van der Waals surface area contributed by atoms with Gasteiger partial charge in [0.15, 0.2) is 0 Å².